The SMILES string of the molecule is CCC(O)c1ccc(OCc2ccc(F)cc2F)cc1. The van der Waals surface area contributed by atoms with Crippen LogP contribution in [0.5, 0.6) is 5.75 Å². The summed E-state index contributed by atoms with van der Waals surface area (Å²) < 4.78 is 31.6. The lowest BCUT2D eigenvalue weighted by atomic mass is 10.1. The number of aliphatic hydroxyl groups is 1. The Labute approximate surface area is 116 Å². The Bertz CT molecular complexity index is 567. The highest BCUT2D eigenvalue weighted by Gasteiger charge is 2.06. The van der Waals surface area contributed by atoms with Crippen LogP contribution in [0.4, 0.5) is 8.78 Å². The van der Waals surface area contributed by atoms with E-state index in [9.17, 15) is 13.9 Å². The molecule has 0 spiro atoms. The zero-order chi connectivity index (χ0) is 14.5. The van der Waals surface area contributed by atoms with Crippen LogP contribution >= 0.6 is 0 Å². The highest BCUT2D eigenvalue weighted by molar-refractivity contribution is 5.29. The molecule has 2 aromatic carbocycles. The molecule has 0 amide bonds. The topological polar surface area (TPSA) is 29.5 Å². The molecule has 0 aromatic heterocycles. The normalized spacial score (nSPS) is 12.2. The van der Waals surface area contributed by atoms with Gasteiger partial charge in [-0.15, -0.1) is 0 Å². The lowest BCUT2D eigenvalue weighted by molar-refractivity contribution is 0.173. The zero-order valence-corrected chi connectivity index (χ0v) is 11.1. The molecule has 2 aromatic rings. The van der Waals surface area contributed by atoms with Crippen molar-refractivity contribution in [2.24, 2.45) is 0 Å². The van der Waals surface area contributed by atoms with Gasteiger partial charge in [-0.2, -0.15) is 0 Å². The summed E-state index contributed by atoms with van der Waals surface area (Å²) in [5, 5.41) is 9.66. The van der Waals surface area contributed by atoms with Crippen molar-refractivity contribution in [3.63, 3.8) is 0 Å². The van der Waals surface area contributed by atoms with Crippen molar-refractivity contribution in [2.45, 2.75) is 26.1 Å². The van der Waals surface area contributed by atoms with Crippen LogP contribution in [0.1, 0.15) is 30.6 Å². The van der Waals surface area contributed by atoms with E-state index in [1.807, 2.05) is 6.92 Å². The number of hydrogen-bond donors (Lipinski definition) is 1. The minimum Gasteiger partial charge on any atom is -0.489 e. The molecule has 2 rings (SSSR count). The summed E-state index contributed by atoms with van der Waals surface area (Å²) in [6, 6.07) is 10.4. The lowest BCUT2D eigenvalue weighted by Crippen LogP contribution is -2.00. The van der Waals surface area contributed by atoms with Crippen LogP contribution in [0, 0.1) is 11.6 Å². The molecule has 0 bridgehead atoms. The summed E-state index contributed by atoms with van der Waals surface area (Å²) in [7, 11) is 0. The van der Waals surface area contributed by atoms with Crippen molar-refractivity contribution < 1.29 is 18.6 Å². The Balaban J connectivity index is 2.00. The van der Waals surface area contributed by atoms with Crippen LogP contribution in [-0.2, 0) is 6.61 Å². The molecule has 106 valence electrons. The highest BCUT2D eigenvalue weighted by Crippen LogP contribution is 2.21. The van der Waals surface area contributed by atoms with E-state index in [1.165, 1.54) is 12.1 Å². The van der Waals surface area contributed by atoms with E-state index in [2.05, 4.69) is 0 Å². The van der Waals surface area contributed by atoms with Gasteiger partial charge >= 0.3 is 0 Å². The third kappa shape index (κ3) is 3.54. The molecule has 2 nitrogen and oxygen atoms in total. The highest BCUT2D eigenvalue weighted by atomic mass is 19.1. The fraction of sp³-hybridized carbons (Fsp3) is 0.250. The molecule has 0 aliphatic rings. The minimum atomic E-state index is -0.622. The largest absolute Gasteiger partial charge is 0.489 e. The van der Waals surface area contributed by atoms with Crippen molar-refractivity contribution in [2.75, 3.05) is 0 Å². The van der Waals surface area contributed by atoms with Gasteiger partial charge < -0.3 is 9.84 Å². The van der Waals surface area contributed by atoms with E-state index in [0.29, 0.717) is 17.7 Å². The molecule has 1 N–H and O–H groups in total. The molecule has 20 heavy (non-hydrogen) atoms. The predicted octanol–water partition coefficient (Wildman–Crippen LogP) is 3.99. The van der Waals surface area contributed by atoms with Gasteiger partial charge in [0.1, 0.15) is 24.0 Å². The molecular formula is C16H16F2O2. The Morgan fingerprint density at radius 3 is 2.40 bits per heavy atom. The number of halogens is 2. The molecular weight excluding hydrogens is 262 g/mol. The smallest absolute Gasteiger partial charge is 0.132 e. The Morgan fingerprint density at radius 2 is 1.80 bits per heavy atom. The van der Waals surface area contributed by atoms with E-state index >= 15 is 0 Å². The molecule has 0 saturated heterocycles. The quantitative estimate of drug-likeness (QED) is 0.896. The van der Waals surface area contributed by atoms with E-state index in [1.54, 1.807) is 24.3 Å². The van der Waals surface area contributed by atoms with Crippen molar-refractivity contribution in [3.8, 4) is 5.75 Å². The van der Waals surface area contributed by atoms with Gasteiger partial charge in [-0.25, -0.2) is 8.78 Å². The summed E-state index contributed by atoms with van der Waals surface area (Å²) in [6.45, 7) is 1.92. The van der Waals surface area contributed by atoms with Crippen molar-refractivity contribution >= 4 is 0 Å². The second-order valence-electron chi connectivity index (χ2n) is 4.52. The van der Waals surface area contributed by atoms with Gasteiger partial charge in [0.2, 0.25) is 0 Å². The molecule has 0 heterocycles. The van der Waals surface area contributed by atoms with E-state index in [-0.39, 0.29) is 6.61 Å². The van der Waals surface area contributed by atoms with Gasteiger partial charge in [0.05, 0.1) is 6.10 Å². The summed E-state index contributed by atoms with van der Waals surface area (Å²) in [4.78, 5) is 0. The Kier molecular flexibility index (Phi) is 4.69. The predicted molar refractivity (Wildman–Crippen MR) is 72.4 cm³/mol. The first-order valence-electron chi connectivity index (χ1n) is 6.45. The number of hydrogen-bond acceptors (Lipinski definition) is 2. The first-order chi connectivity index (χ1) is 9.60. The summed E-state index contributed by atoms with van der Waals surface area (Å²) in [5.41, 5.74) is 1.11. The second kappa shape index (κ2) is 6.48. The molecule has 1 atom stereocenters. The van der Waals surface area contributed by atoms with Crippen molar-refractivity contribution in [1.29, 1.82) is 0 Å². The summed E-state index contributed by atoms with van der Waals surface area (Å²) in [5.74, 6) is -0.659. The Hall–Kier alpha value is -1.94. The van der Waals surface area contributed by atoms with Crippen LogP contribution in [-0.4, -0.2) is 5.11 Å². The number of benzene rings is 2. The van der Waals surface area contributed by atoms with Gasteiger partial charge in [-0.1, -0.05) is 19.1 Å². The van der Waals surface area contributed by atoms with E-state index in [0.717, 1.165) is 11.6 Å². The monoisotopic (exact) mass is 278 g/mol. The molecule has 0 aliphatic carbocycles. The van der Waals surface area contributed by atoms with Gasteiger partial charge in [-0.3, -0.25) is 0 Å². The average molecular weight is 278 g/mol. The second-order valence-corrected chi connectivity index (χ2v) is 4.52. The van der Waals surface area contributed by atoms with Crippen molar-refractivity contribution in [1.82, 2.24) is 0 Å². The summed E-state index contributed by atoms with van der Waals surface area (Å²) >= 11 is 0. The van der Waals surface area contributed by atoms with Crippen LogP contribution in [0.25, 0.3) is 0 Å². The number of aliphatic hydroxyl groups excluding tert-OH is 1. The van der Waals surface area contributed by atoms with Crippen LogP contribution in [0.15, 0.2) is 42.5 Å². The molecule has 1 unspecified atom stereocenters. The third-order valence-electron chi connectivity index (χ3n) is 3.06. The first kappa shape index (κ1) is 14.5. The maximum absolute atomic E-state index is 13.4. The first-order valence-corrected chi connectivity index (χ1v) is 6.45. The van der Waals surface area contributed by atoms with Gasteiger partial charge in [0.15, 0.2) is 0 Å². The summed E-state index contributed by atoms with van der Waals surface area (Å²) in [6.07, 6.45) is 0.152. The number of rotatable bonds is 5. The number of ether oxygens (including phenoxy) is 1. The van der Waals surface area contributed by atoms with Crippen molar-refractivity contribution in [3.05, 3.63) is 65.2 Å². The fourth-order valence-corrected chi connectivity index (χ4v) is 1.82. The zero-order valence-electron chi connectivity index (χ0n) is 11.1. The molecule has 0 aliphatic heterocycles. The maximum Gasteiger partial charge on any atom is 0.132 e. The molecule has 0 radical (unpaired) electrons. The van der Waals surface area contributed by atoms with Crippen LogP contribution < -0.4 is 4.74 Å². The van der Waals surface area contributed by atoms with Gasteiger partial charge in [0.25, 0.3) is 0 Å². The van der Waals surface area contributed by atoms with Crippen LogP contribution in [0.3, 0.4) is 0 Å². The van der Waals surface area contributed by atoms with E-state index < -0.39 is 17.7 Å². The third-order valence-corrected chi connectivity index (χ3v) is 3.06. The van der Waals surface area contributed by atoms with Gasteiger partial charge in [0, 0.05) is 11.6 Å². The molecule has 0 fully saturated rings. The average Bonchev–Trinajstić information content (AvgIpc) is 2.46. The lowest BCUT2D eigenvalue weighted by Gasteiger charge is -2.10. The minimum absolute atomic E-state index is 0.0296. The van der Waals surface area contributed by atoms with Crippen LogP contribution in [0.2, 0.25) is 0 Å². The molecule has 4 heteroatoms. The van der Waals surface area contributed by atoms with Gasteiger partial charge in [-0.05, 0) is 36.2 Å². The fourth-order valence-electron chi connectivity index (χ4n) is 1.82. The molecule has 0 saturated carbocycles. The van der Waals surface area contributed by atoms with E-state index in [4.69, 9.17) is 4.74 Å². The maximum atomic E-state index is 13.4. The standard InChI is InChI=1S/C16H16F2O2/c1-2-16(19)11-4-7-14(8-5-11)20-10-12-3-6-13(17)9-15(12)18/h3-9,16,19H,2,10H2,1H3. The Morgan fingerprint density at radius 1 is 1.10 bits per heavy atom.